The van der Waals surface area contributed by atoms with Crippen molar-refractivity contribution in [1.29, 1.82) is 0 Å². The fourth-order valence-corrected chi connectivity index (χ4v) is 1.86. The number of ether oxygens (including phenoxy) is 1. The Morgan fingerprint density at radius 2 is 1.95 bits per heavy atom. The number of carbonyl (C=O) groups excluding carboxylic acids is 3. The summed E-state index contributed by atoms with van der Waals surface area (Å²) >= 11 is 0. The first-order valence-electron chi connectivity index (χ1n) is 6.00. The number of rotatable bonds is 4. The van der Waals surface area contributed by atoms with Crippen molar-refractivity contribution in [3.63, 3.8) is 0 Å². The van der Waals surface area contributed by atoms with E-state index in [9.17, 15) is 19.2 Å². The van der Waals surface area contributed by atoms with Crippen molar-refractivity contribution in [1.82, 2.24) is 10.6 Å². The molecule has 21 heavy (non-hydrogen) atoms. The van der Waals surface area contributed by atoms with Gasteiger partial charge in [0.1, 0.15) is 6.61 Å². The quantitative estimate of drug-likeness (QED) is 0.521. The zero-order valence-corrected chi connectivity index (χ0v) is 10.8. The minimum atomic E-state index is -2.31. The molecule has 0 saturated carbocycles. The van der Waals surface area contributed by atoms with Crippen molar-refractivity contribution in [3.05, 3.63) is 35.9 Å². The Bertz CT molecular complexity index is 600. The molecule has 1 aromatic rings. The lowest BCUT2D eigenvalue weighted by molar-refractivity contribution is -0.149. The van der Waals surface area contributed by atoms with Gasteiger partial charge in [-0.1, -0.05) is 30.3 Å². The number of carboxylic acids is 1. The first kappa shape index (κ1) is 14.5. The summed E-state index contributed by atoms with van der Waals surface area (Å²) < 4.78 is 4.84. The van der Waals surface area contributed by atoms with E-state index in [-0.39, 0.29) is 6.61 Å². The lowest BCUT2D eigenvalue weighted by atomic mass is 9.98. The van der Waals surface area contributed by atoms with Gasteiger partial charge in [-0.05, 0) is 5.56 Å². The molecule has 110 valence electrons. The molecule has 1 atom stereocenters. The van der Waals surface area contributed by atoms with Crippen molar-refractivity contribution in [2.24, 2.45) is 0 Å². The molecule has 3 N–H and O–H groups in total. The maximum absolute atomic E-state index is 11.6. The highest BCUT2D eigenvalue weighted by Gasteiger charge is 2.55. The molecule has 3 amide bonds. The summed E-state index contributed by atoms with van der Waals surface area (Å²) in [5.74, 6) is -3.48. The van der Waals surface area contributed by atoms with Gasteiger partial charge in [-0.3, -0.25) is 20.2 Å². The summed E-state index contributed by atoms with van der Waals surface area (Å²) in [6.07, 6.45) is -1.76. The van der Waals surface area contributed by atoms with Gasteiger partial charge >= 0.3 is 12.1 Å². The van der Waals surface area contributed by atoms with Crippen LogP contribution >= 0.6 is 0 Å². The van der Waals surface area contributed by atoms with E-state index in [1.54, 1.807) is 30.3 Å². The van der Waals surface area contributed by atoms with E-state index in [1.807, 2.05) is 10.6 Å². The number of carbonyl (C=O) groups is 4. The van der Waals surface area contributed by atoms with Crippen LogP contribution in [-0.2, 0) is 25.7 Å². The van der Waals surface area contributed by atoms with Crippen LogP contribution in [0.25, 0.3) is 0 Å². The lowest BCUT2D eigenvalue weighted by Gasteiger charge is -2.21. The summed E-state index contributed by atoms with van der Waals surface area (Å²) in [5, 5.41) is 12.9. The molecule has 0 unspecified atom stereocenters. The molecule has 0 aliphatic carbocycles. The van der Waals surface area contributed by atoms with Gasteiger partial charge in [0, 0.05) is 0 Å². The molecule has 1 saturated heterocycles. The number of imide groups is 1. The number of alkyl carbamates (subject to hydrolysis) is 1. The Morgan fingerprint density at radius 3 is 2.48 bits per heavy atom. The smallest absolute Gasteiger partial charge is 0.408 e. The maximum Gasteiger partial charge on any atom is 0.408 e. The lowest BCUT2D eigenvalue weighted by Crippen LogP contribution is -2.59. The number of nitrogens with one attached hydrogen (secondary N) is 2. The topological polar surface area (TPSA) is 122 Å². The maximum atomic E-state index is 11.6. The summed E-state index contributed by atoms with van der Waals surface area (Å²) in [7, 11) is 0. The Morgan fingerprint density at radius 1 is 1.29 bits per heavy atom. The van der Waals surface area contributed by atoms with Gasteiger partial charge in [0.2, 0.25) is 11.4 Å². The van der Waals surface area contributed by atoms with Crippen molar-refractivity contribution in [2.45, 2.75) is 18.6 Å². The average Bonchev–Trinajstić information content (AvgIpc) is 2.73. The molecule has 1 aliphatic rings. The molecule has 1 aliphatic heterocycles. The normalized spacial score (nSPS) is 20.8. The van der Waals surface area contributed by atoms with E-state index in [0.29, 0.717) is 5.56 Å². The average molecular weight is 292 g/mol. The van der Waals surface area contributed by atoms with E-state index >= 15 is 0 Å². The molecule has 0 aromatic heterocycles. The fraction of sp³-hybridized carbons (Fsp3) is 0.231. The molecule has 8 heteroatoms. The summed E-state index contributed by atoms with van der Waals surface area (Å²) in [6.45, 7) is -0.0854. The van der Waals surface area contributed by atoms with Crippen LogP contribution in [0.1, 0.15) is 12.0 Å². The van der Waals surface area contributed by atoms with E-state index in [2.05, 4.69) is 0 Å². The Balaban J connectivity index is 2.01. The Hall–Kier alpha value is -2.90. The SMILES string of the molecule is O=C1C[C@@](NC(=O)OCc2ccccc2)(C(=O)O)C(=O)N1. The van der Waals surface area contributed by atoms with E-state index in [4.69, 9.17) is 9.84 Å². The first-order valence-corrected chi connectivity index (χ1v) is 6.00. The number of carboxylic acid groups (broad SMARTS) is 1. The predicted molar refractivity (Wildman–Crippen MR) is 67.9 cm³/mol. The molecule has 0 spiro atoms. The van der Waals surface area contributed by atoms with Gasteiger partial charge in [-0.25, -0.2) is 9.59 Å². The molecule has 2 rings (SSSR count). The molecule has 8 nitrogen and oxygen atoms in total. The van der Waals surface area contributed by atoms with E-state index in [1.165, 1.54) is 0 Å². The monoisotopic (exact) mass is 292 g/mol. The van der Waals surface area contributed by atoms with Crippen molar-refractivity contribution in [2.75, 3.05) is 0 Å². The second-order valence-electron chi connectivity index (χ2n) is 4.45. The Kier molecular flexibility index (Phi) is 3.88. The zero-order chi connectivity index (χ0) is 15.5. The van der Waals surface area contributed by atoms with Crippen LogP contribution in [0.4, 0.5) is 4.79 Å². The second kappa shape index (κ2) is 5.61. The largest absolute Gasteiger partial charge is 0.479 e. The molecule has 0 bridgehead atoms. The zero-order valence-electron chi connectivity index (χ0n) is 10.8. The predicted octanol–water partition coefficient (Wildman–Crippen LogP) is -0.217. The molecule has 1 fully saturated rings. The third-order valence-corrected chi connectivity index (χ3v) is 2.96. The van der Waals surface area contributed by atoms with Crippen LogP contribution < -0.4 is 10.6 Å². The summed E-state index contributed by atoms with van der Waals surface area (Å²) in [5.41, 5.74) is -1.62. The Labute approximate surface area is 119 Å². The van der Waals surface area contributed by atoms with Crippen LogP contribution in [0.2, 0.25) is 0 Å². The third kappa shape index (κ3) is 2.99. The molecule has 1 aromatic carbocycles. The molecular formula is C13H12N2O6. The highest BCUT2D eigenvalue weighted by atomic mass is 16.5. The van der Waals surface area contributed by atoms with Gasteiger partial charge in [0.15, 0.2) is 0 Å². The molecular weight excluding hydrogens is 280 g/mol. The number of hydrogen-bond acceptors (Lipinski definition) is 5. The standard InChI is InChI=1S/C13H12N2O6/c16-9-6-13(11(18)19,10(17)14-9)15-12(20)21-7-8-4-2-1-3-5-8/h1-5H,6-7H2,(H,15,20)(H,18,19)(H,14,16,17)/t13-/m0/s1. The highest BCUT2D eigenvalue weighted by molar-refractivity contribution is 6.20. The number of amides is 3. The van der Waals surface area contributed by atoms with Gasteiger partial charge in [-0.2, -0.15) is 0 Å². The van der Waals surface area contributed by atoms with Crippen LogP contribution in [0.15, 0.2) is 30.3 Å². The highest BCUT2D eigenvalue weighted by Crippen LogP contribution is 2.18. The minimum absolute atomic E-state index is 0.0854. The van der Waals surface area contributed by atoms with E-state index < -0.39 is 35.8 Å². The van der Waals surface area contributed by atoms with Crippen LogP contribution in [-0.4, -0.2) is 34.5 Å². The summed E-state index contributed by atoms with van der Waals surface area (Å²) in [6, 6.07) is 8.71. The summed E-state index contributed by atoms with van der Waals surface area (Å²) in [4.78, 5) is 45.6. The van der Waals surface area contributed by atoms with Crippen molar-refractivity contribution < 1.29 is 29.0 Å². The molecule has 0 radical (unpaired) electrons. The van der Waals surface area contributed by atoms with Gasteiger partial charge < -0.3 is 9.84 Å². The number of benzene rings is 1. The minimum Gasteiger partial charge on any atom is -0.479 e. The van der Waals surface area contributed by atoms with Crippen LogP contribution in [0, 0.1) is 0 Å². The third-order valence-electron chi connectivity index (χ3n) is 2.96. The van der Waals surface area contributed by atoms with Gasteiger partial charge in [0.25, 0.3) is 5.91 Å². The van der Waals surface area contributed by atoms with Crippen molar-refractivity contribution >= 4 is 23.9 Å². The van der Waals surface area contributed by atoms with Crippen LogP contribution in [0.3, 0.4) is 0 Å². The van der Waals surface area contributed by atoms with Gasteiger partial charge in [-0.15, -0.1) is 0 Å². The second-order valence-corrected chi connectivity index (χ2v) is 4.45. The van der Waals surface area contributed by atoms with Crippen LogP contribution in [0.5, 0.6) is 0 Å². The van der Waals surface area contributed by atoms with Gasteiger partial charge in [0.05, 0.1) is 6.42 Å². The number of hydrogen-bond donors (Lipinski definition) is 3. The fourth-order valence-electron chi connectivity index (χ4n) is 1.86. The van der Waals surface area contributed by atoms with Crippen molar-refractivity contribution in [3.8, 4) is 0 Å². The first-order chi connectivity index (χ1) is 9.94. The van der Waals surface area contributed by atoms with E-state index in [0.717, 1.165) is 0 Å². The number of aliphatic carboxylic acids is 1. The molecule has 1 heterocycles.